The van der Waals surface area contributed by atoms with Crippen LogP contribution in [0.1, 0.15) is 36.7 Å². The second-order valence-corrected chi connectivity index (χ2v) is 6.78. The van der Waals surface area contributed by atoms with E-state index in [1.165, 1.54) is 5.56 Å². The molecule has 28 heavy (non-hydrogen) atoms. The predicted molar refractivity (Wildman–Crippen MR) is 120 cm³/mol. The number of esters is 1. The lowest BCUT2D eigenvalue weighted by molar-refractivity contribution is 0.0466. The van der Waals surface area contributed by atoms with Crippen molar-refractivity contribution in [2.45, 2.75) is 27.2 Å². The zero-order valence-corrected chi connectivity index (χ0v) is 17.6. The highest BCUT2D eigenvalue weighted by Crippen LogP contribution is 2.14. The van der Waals surface area contributed by atoms with Crippen LogP contribution >= 0.6 is 12.2 Å². The molecule has 2 aromatic rings. The monoisotopic (exact) mass is 399 g/mol. The summed E-state index contributed by atoms with van der Waals surface area (Å²) in [5.74, 6) is -0.309. The van der Waals surface area contributed by atoms with Crippen LogP contribution in [-0.4, -0.2) is 42.2 Å². The third-order valence-corrected chi connectivity index (χ3v) is 4.71. The van der Waals surface area contributed by atoms with Crippen LogP contribution in [-0.2, 0) is 11.2 Å². The predicted octanol–water partition coefficient (Wildman–Crippen LogP) is 4.56. The van der Waals surface area contributed by atoms with Gasteiger partial charge in [-0.25, -0.2) is 4.79 Å². The first-order valence-electron chi connectivity index (χ1n) is 9.72. The van der Waals surface area contributed by atoms with Gasteiger partial charge in [0, 0.05) is 17.9 Å². The van der Waals surface area contributed by atoms with Crippen molar-refractivity contribution >= 4 is 34.7 Å². The molecule has 0 aliphatic carbocycles. The van der Waals surface area contributed by atoms with Crippen molar-refractivity contribution in [3.63, 3.8) is 0 Å². The van der Waals surface area contributed by atoms with Gasteiger partial charge in [0.2, 0.25) is 0 Å². The molecule has 0 radical (unpaired) electrons. The number of nitrogens with zero attached hydrogens (tertiary/aromatic N) is 1. The fourth-order valence-electron chi connectivity index (χ4n) is 2.74. The van der Waals surface area contributed by atoms with E-state index in [0.717, 1.165) is 37.4 Å². The summed E-state index contributed by atoms with van der Waals surface area (Å²) in [5.41, 5.74) is 3.53. The van der Waals surface area contributed by atoms with Crippen molar-refractivity contribution < 1.29 is 9.53 Å². The minimum absolute atomic E-state index is 0.309. The van der Waals surface area contributed by atoms with Crippen LogP contribution in [0.2, 0.25) is 0 Å². The van der Waals surface area contributed by atoms with Gasteiger partial charge in [0.1, 0.15) is 6.61 Å². The van der Waals surface area contributed by atoms with Crippen molar-refractivity contribution in [1.29, 1.82) is 0 Å². The Kier molecular flexibility index (Phi) is 8.91. The molecule has 2 N–H and O–H groups in total. The Hall–Kier alpha value is -2.44. The number of thiocarbonyl (C=S) groups is 1. The Bertz CT molecular complexity index is 774. The molecular formula is C22H29N3O2S. The maximum atomic E-state index is 12.1. The number of hydrogen-bond donors (Lipinski definition) is 2. The zero-order chi connectivity index (χ0) is 20.4. The van der Waals surface area contributed by atoms with Gasteiger partial charge < -0.3 is 20.3 Å². The first-order valence-corrected chi connectivity index (χ1v) is 10.1. The van der Waals surface area contributed by atoms with Crippen molar-refractivity contribution in [3.05, 3.63) is 59.7 Å². The smallest absolute Gasteiger partial charge is 0.338 e. The number of carbonyl (C=O) groups is 1. The van der Waals surface area contributed by atoms with Crippen LogP contribution in [0.4, 0.5) is 11.4 Å². The number of likely N-dealkylation sites (N-methyl/N-ethyl adjacent to an activating group) is 1. The summed E-state index contributed by atoms with van der Waals surface area (Å²) in [6.07, 6.45) is 0.974. The van der Waals surface area contributed by atoms with E-state index in [1.54, 1.807) is 12.1 Å². The van der Waals surface area contributed by atoms with Gasteiger partial charge in [0.05, 0.1) is 5.56 Å². The van der Waals surface area contributed by atoms with E-state index in [2.05, 4.69) is 48.4 Å². The van der Waals surface area contributed by atoms with Gasteiger partial charge in [-0.1, -0.05) is 32.9 Å². The molecule has 150 valence electrons. The first-order chi connectivity index (χ1) is 13.5. The van der Waals surface area contributed by atoms with Crippen LogP contribution in [0.15, 0.2) is 48.5 Å². The Morgan fingerprint density at radius 1 is 1.00 bits per heavy atom. The maximum Gasteiger partial charge on any atom is 0.338 e. The lowest BCUT2D eigenvalue weighted by Crippen LogP contribution is -2.27. The molecule has 0 aliphatic rings. The lowest BCUT2D eigenvalue weighted by Gasteiger charge is -2.17. The second kappa shape index (κ2) is 11.4. The second-order valence-electron chi connectivity index (χ2n) is 6.37. The highest BCUT2D eigenvalue weighted by molar-refractivity contribution is 7.80. The summed E-state index contributed by atoms with van der Waals surface area (Å²) in [6.45, 7) is 9.35. The van der Waals surface area contributed by atoms with Crippen LogP contribution in [0.5, 0.6) is 0 Å². The maximum absolute atomic E-state index is 12.1. The molecule has 0 atom stereocenters. The van der Waals surface area contributed by atoms with Crippen molar-refractivity contribution in [2.24, 2.45) is 0 Å². The average Bonchev–Trinajstić information content (AvgIpc) is 2.71. The third kappa shape index (κ3) is 6.94. The van der Waals surface area contributed by atoms with Gasteiger partial charge >= 0.3 is 5.97 Å². The van der Waals surface area contributed by atoms with Crippen molar-refractivity contribution in [3.8, 4) is 0 Å². The average molecular weight is 400 g/mol. The van der Waals surface area contributed by atoms with E-state index in [4.69, 9.17) is 17.0 Å². The topological polar surface area (TPSA) is 53.6 Å². The molecule has 2 aromatic carbocycles. The number of rotatable bonds is 9. The highest BCUT2D eigenvalue weighted by Gasteiger charge is 2.08. The minimum Gasteiger partial charge on any atom is -0.461 e. The number of ether oxygens (including phenoxy) is 1. The summed E-state index contributed by atoms with van der Waals surface area (Å²) < 4.78 is 5.34. The molecule has 2 rings (SSSR count). The lowest BCUT2D eigenvalue weighted by atomic mass is 10.1. The van der Waals surface area contributed by atoms with Gasteiger partial charge in [-0.05, 0) is 73.7 Å². The molecule has 5 nitrogen and oxygen atoms in total. The molecule has 0 aliphatic heterocycles. The molecule has 0 aromatic heterocycles. The highest BCUT2D eigenvalue weighted by atomic mass is 32.1. The SMILES string of the molecule is CCc1cccc(NC(=S)Nc2ccc(C(=O)OCCN(CC)CC)cc2)c1. The van der Waals surface area contributed by atoms with Gasteiger partial charge in [-0.2, -0.15) is 0 Å². The van der Waals surface area contributed by atoms with Gasteiger partial charge in [0.25, 0.3) is 0 Å². The van der Waals surface area contributed by atoms with Crippen LogP contribution in [0.3, 0.4) is 0 Å². The number of carbonyl (C=O) groups excluding carboxylic acids is 1. The number of aryl methyl sites for hydroxylation is 1. The largest absolute Gasteiger partial charge is 0.461 e. The van der Waals surface area contributed by atoms with E-state index in [0.29, 0.717) is 17.3 Å². The molecule has 6 heteroatoms. The standard InChI is InChI=1S/C22H29N3O2S/c1-4-17-8-7-9-20(16-17)24-22(28)23-19-12-10-18(11-13-19)21(26)27-15-14-25(5-2)6-3/h7-13,16H,4-6,14-15H2,1-3H3,(H2,23,24,28). The summed E-state index contributed by atoms with van der Waals surface area (Å²) >= 11 is 5.37. The molecule has 0 fully saturated rings. The molecular weight excluding hydrogens is 370 g/mol. The van der Waals surface area contributed by atoms with E-state index >= 15 is 0 Å². The number of benzene rings is 2. The summed E-state index contributed by atoms with van der Waals surface area (Å²) in [7, 11) is 0. The Morgan fingerprint density at radius 2 is 1.68 bits per heavy atom. The van der Waals surface area contributed by atoms with Gasteiger partial charge in [0.15, 0.2) is 5.11 Å². The summed E-state index contributed by atoms with van der Waals surface area (Å²) in [6, 6.07) is 15.3. The fourth-order valence-corrected chi connectivity index (χ4v) is 2.98. The number of hydrogen-bond acceptors (Lipinski definition) is 4. The molecule has 0 saturated heterocycles. The molecule has 0 bridgehead atoms. The van der Waals surface area contributed by atoms with E-state index in [-0.39, 0.29) is 5.97 Å². The number of anilines is 2. The van der Waals surface area contributed by atoms with E-state index in [9.17, 15) is 4.79 Å². The Labute approximate surface area is 173 Å². The van der Waals surface area contributed by atoms with E-state index in [1.807, 2.05) is 24.3 Å². The fraction of sp³-hybridized carbons (Fsp3) is 0.364. The Morgan fingerprint density at radius 3 is 2.32 bits per heavy atom. The normalized spacial score (nSPS) is 10.6. The molecule has 0 saturated carbocycles. The Balaban J connectivity index is 1.84. The quantitative estimate of drug-likeness (QED) is 0.476. The number of nitrogens with one attached hydrogen (secondary N) is 2. The van der Waals surface area contributed by atoms with Crippen molar-refractivity contribution in [2.75, 3.05) is 36.9 Å². The molecule has 0 amide bonds. The molecule has 0 heterocycles. The third-order valence-electron chi connectivity index (χ3n) is 4.51. The first kappa shape index (κ1) is 21.9. The van der Waals surface area contributed by atoms with Crippen LogP contribution in [0.25, 0.3) is 0 Å². The van der Waals surface area contributed by atoms with Crippen molar-refractivity contribution in [1.82, 2.24) is 4.90 Å². The zero-order valence-electron chi connectivity index (χ0n) is 16.8. The van der Waals surface area contributed by atoms with Crippen LogP contribution < -0.4 is 10.6 Å². The van der Waals surface area contributed by atoms with E-state index < -0.39 is 0 Å². The van der Waals surface area contributed by atoms with Gasteiger partial charge in [-0.3, -0.25) is 0 Å². The molecule has 0 unspecified atom stereocenters. The van der Waals surface area contributed by atoms with Gasteiger partial charge in [-0.15, -0.1) is 0 Å². The minimum atomic E-state index is -0.309. The summed E-state index contributed by atoms with van der Waals surface area (Å²) in [5, 5.41) is 6.81. The molecule has 0 spiro atoms. The summed E-state index contributed by atoms with van der Waals surface area (Å²) in [4.78, 5) is 14.4. The van der Waals surface area contributed by atoms with Crippen LogP contribution in [0, 0.1) is 0 Å².